The molecule has 0 atom stereocenters. The minimum atomic E-state index is 0.589. The number of hydrogen-bond donors (Lipinski definition) is 0. The van der Waals surface area contributed by atoms with Gasteiger partial charge in [-0.2, -0.15) is 4.98 Å². The number of aromatic nitrogens is 3. The summed E-state index contributed by atoms with van der Waals surface area (Å²) >= 11 is 1.60. The lowest BCUT2D eigenvalue weighted by Crippen LogP contribution is -2.00. The Morgan fingerprint density at radius 1 is 1.23 bits per heavy atom. The molecule has 3 heterocycles. The fourth-order valence-electron chi connectivity index (χ4n) is 2.98. The predicted molar refractivity (Wildman–Crippen MR) is 82.6 cm³/mol. The molecule has 1 saturated carbocycles. The Labute approximate surface area is 132 Å². The molecular formula is C16H17N3O2S. The second-order valence-corrected chi connectivity index (χ2v) is 6.65. The Morgan fingerprint density at radius 2 is 2.14 bits per heavy atom. The van der Waals surface area contributed by atoms with Crippen molar-refractivity contribution in [1.82, 2.24) is 15.1 Å². The number of nitrogens with zero attached hydrogens (tertiary/aromatic N) is 3. The first-order valence-electron chi connectivity index (χ1n) is 7.65. The smallest absolute Gasteiger partial charge is 0.232 e. The summed E-state index contributed by atoms with van der Waals surface area (Å²) in [7, 11) is 0. The first kappa shape index (κ1) is 13.7. The van der Waals surface area contributed by atoms with E-state index in [4.69, 9.17) is 8.94 Å². The normalized spacial score (nSPS) is 15.6. The number of thiazole rings is 1. The second kappa shape index (κ2) is 6.04. The highest BCUT2D eigenvalue weighted by atomic mass is 32.1. The topological polar surface area (TPSA) is 65.0 Å². The van der Waals surface area contributed by atoms with E-state index < -0.39 is 0 Å². The van der Waals surface area contributed by atoms with Crippen LogP contribution in [0.2, 0.25) is 0 Å². The van der Waals surface area contributed by atoms with E-state index in [1.54, 1.807) is 23.9 Å². The molecule has 0 aromatic carbocycles. The maximum Gasteiger partial charge on any atom is 0.232 e. The molecule has 1 fully saturated rings. The third kappa shape index (κ3) is 2.97. The Balaban J connectivity index is 1.42. The molecule has 22 heavy (non-hydrogen) atoms. The summed E-state index contributed by atoms with van der Waals surface area (Å²) in [6.07, 6.45) is 10.2. The van der Waals surface area contributed by atoms with E-state index in [1.165, 1.54) is 25.7 Å². The fourth-order valence-corrected chi connectivity index (χ4v) is 3.79. The number of rotatable bonds is 5. The van der Waals surface area contributed by atoms with Gasteiger partial charge in [0, 0.05) is 17.4 Å². The molecular weight excluding hydrogens is 298 g/mol. The van der Waals surface area contributed by atoms with Crippen LogP contribution in [0.25, 0.3) is 10.6 Å². The van der Waals surface area contributed by atoms with Crippen molar-refractivity contribution in [3.63, 3.8) is 0 Å². The van der Waals surface area contributed by atoms with Crippen molar-refractivity contribution in [3.8, 4) is 10.6 Å². The zero-order chi connectivity index (χ0) is 14.8. The lowest BCUT2D eigenvalue weighted by Gasteiger charge is -2.02. The first-order valence-corrected chi connectivity index (χ1v) is 8.53. The van der Waals surface area contributed by atoms with Gasteiger partial charge in [0.15, 0.2) is 5.82 Å². The molecule has 3 aromatic heterocycles. The summed E-state index contributed by atoms with van der Waals surface area (Å²) in [6, 6.07) is 1.91. The van der Waals surface area contributed by atoms with Gasteiger partial charge in [-0.25, -0.2) is 4.98 Å². The van der Waals surface area contributed by atoms with Gasteiger partial charge in [0.05, 0.1) is 18.4 Å². The Morgan fingerprint density at radius 3 is 2.95 bits per heavy atom. The van der Waals surface area contributed by atoms with E-state index >= 15 is 0 Å². The van der Waals surface area contributed by atoms with Gasteiger partial charge in [-0.15, -0.1) is 11.3 Å². The van der Waals surface area contributed by atoms with E-state index in [1.807, 2.05) is 11.4 Å². The van der Waals surface area contributed by atoms with Gasteiger partial charge in [0.1, 0.15) is 11.3 Å². The standard InChI is InChI=1S/C16H17N3O2S/c1-2-4-11(3-1)7-14-18-15(21-19-14)8-13-10-22-16(17-13)12-5-6-20-9-12/h5-6,9-11H,1-4,7-8H2. The quantitative estimate of drug-likeness (QED) is 0.709. The van der Waals surface area contributed by atoms with Crippen molar-refractivity contribution in [1.29, 1.82) is 0 Å². The van der Waals surface area contributed by atoms with Gasteiger partial charge in [-0.05, 0) is 12.0 Å². The van der Waals surface area contributed by atoms with Gasteiger partial charge >= 0.3 is 0 Å². The van der Waals surface area contributed by atoms with Crippen LogP contribution in [0.4, 0.5) is 0 Å². The molecule has 6 heteroatoms. The summed E-state index contributed by atoms with van der Waals surface area (Å²) in [5.74, 6) is 2.22. The minimum absolute atomic E-state index is 0.589. The van der Waals surface area contributed by atoms with E-state index in [0.29, 0.717) is 12.3 Å². The number of hydrogen-bond acceptors (Lipinski definition) is 6. The average molecular weight is 315 g/mol. The van der Waals surface area contributed by atoms with E-state index in [-0.39, 0.29) is 0 Å². The maximum absolute atomic E-state index is 5.36. The summed E-state index contributed by atoms with van der Waals surface area (Å²) in [4.78, 5) is 9.10. The molecule has 3 aromatic rings. The van der Waals surface area contributed by atoms with E-state index in [2.05, 4.69) is 15.1 Å². The van der Waals surface area contributed by atoms with Crippen LogP contribution >= 0.6 is 11.3 Å². The largest absolute Gasteiger partial charge is 0.472 e. The molecule has 0 spiro atoms. The van der Waals surface area contributed by atoms with Crippen LogP contribution in [0, 0.1) is 5.92 Å². The molecule has 0 N–H and O–H groups in total. The molecule has 0 bridgehead atoms. The fraction of sp³-hybridized carbons (Fsp3) is 0.438. The second-order valence-electron chi connectivity index (χ2n) is 5.79. The summed E-state index contributed by atoms with van der Waals surface area (Å²) in [5, 5.41) is 7.09. The van der Waals surface area contributed by atoms with E-state index in [0.717, 1.165) is 34.4 Å². The highest BCUT2D eigenvalue weighted by Gasteiger charge is 2.19. The highest BCUT2D eigenvalue weighted by Crippen LogP contribution is 2.28. The summed E-state index contributed by atoms with van der Waals surface area (Å²) < 4.78 is 10.5. The molecule has 0 unspecified atom stereocenters. The minimum Gasteiger partial charge on any atom is -0.472 e. The number of furan rings is 1. The molecule has 1 aliphatic carbocycles. The lowest BCUT2D eigenvalue weighted by molar-refractivity contribution is 0.374. The molecule has 4 rings (SSSR count). The van der Waals surface area contributed by atoms with Crippen molar-refractivity contribution in [3.05, 3.63) is 41.4 Å². The zero-order valence-corrected chi connectivity index (χ0v) is 13.0. The van der Waals surface area contributed by atoms with Gasteiger partial charge in [-0.1, -0.05) is 30.8 Å². The highest BCUT2D eigenvalue weighted by molar-refractivity contribution is 7.13. The summed E-state index contributed by atoms with van der Waals surface area (Å²) in [5.41, 5.74) is 1.96. The van der Waals surface area contributed by atoms with Crippen LogP contribution in [-0.2, 0) is 12.8 Å². The third-order valence-corrected chi connectivity index (χ3v) is 5.05. The first-order chi connectivity index (χ1) is 10.9. The Bertz CT molecular complexity index is 726. The van der Waals surface area contributed by atoms with Crippen molar-refractivity contribution in [2.24, 2.45) is 5.92 Å². The monoisotopic (exact) mass is 315 g/mol. The van der Waals surface area contributed by atoms with Crippen LogP contribution < -0.4 is 0 Å². The predicted octanol–water partition coefficient (Wildman–Crippen LogP) is 4.11. The van der Waals surface area contributed by atoms with Crippen molar-refractivity contribution in [2.75, 3.05) is 0 Å². The maximum atomic E-state index is 5.36. The van der Waals surface area contributed by atoms with Crippen molar-refractivity contribution >= 4 is 11.3 Å². The molecule has 5 nitrogen and oxygen atoms in total. The Kier molecular flexibility index (Phi) is 3.76. The zero-order valence-electron chi connectivity index (χ0n) is 12.2. The average Bonchev–Trinajstić information content (AvgIpc) is 3.28. The van der Waals surface area contributed by atoms with Gasteiger partial charge in [-0.3, -0.25) is 0 Å². The molecule has 0 saturated heterocycles. The SMILES string of the molecule is c1cc(-c2nc(Cc3nc(CC4CCCC4)no3)cs2)co1. The van der Waals surface area contributed by atoms with Crippen LogP contribution in [-0.4, -0.2) is 15.1 Å². The van der Waals surface area contributed by atoms with Crippen LogP contribution in [0.1, 0.15) is 43.1 Å². The molecule has 0 aliphatic heterocycles. The molecule has 1 aliphatic rings. The van der Waals surface area contributed by atoms with Crippen molar-refractivity contribution < 1.29 is 8.94 Å². The summed E-state index contributed by atoms with van der Waals surface area (Å²) in [6.45, 7) is 0. The Hall–Kier alpha value is -1.95. The molecule has 0 amide bonds. The van der Waals surface area contributed by atoms with E-state index in [9.17, 15) is 0 Å². The van der Waals surface area contributed by atoms with Crippen LogP contribution in [0.3, 0.4) is 0 Å². The molecule has 0 radical (unpaired) electrons. The molecule has 114 valence electrons. The van der Waals surface area contributed by atoms with Crippen LogP contribution in [0.5, 0.6) is 0 Å². The third-order valence-electron chi connectivity index (χ3n) is 4.11. The van der Waals surface area contributed by atoms with Gasteiger partial charge < -0.3 is 8.94 Å². The lowest BCUT2D eigenvalue weighted by atomic mass is 10.0. The van der Waals surface area contributed by atoms with Crippen molar-refractivity contribution in [2.45, 2.75) is 38.5 Å². The van der Waals surface area contributed by atoms with Gasteiger partial charge in [0.2, 0.25) is 5.89 Å². The van der Waals surface area contributed by atoms with Gasteiger partial charge in [0.25, 0.3) is 0 Å². The van der Waals surface area contributed by atoms with Crippen LogP contribution in [0.15, 0.2) is 32.9 Å².